The second kappa shape index (κ2) is 6.28. The number of alkyl halides is 3. The number of para-hydroxylation sites is 1. The molecule has 2 N–H and O–H groups in total. The molecule has 0 aliphatic heterocycles. The maximum absolute atomic E-state index is 13.4. The summed E-state index contributed by atoms with van der Waals surface area (Å²) in [6, 6.07) is 8.84. The van der Waals surface area contributed by atoms with Gasteiger partial charge in [0, 0.05) is 5.56 Å². The van der Waals surface area contributed by atoms with Crippen molar-refractivity contribution in [2.24, 2.45) is 5.73 Å². The smallest absolute Gasteiger partial charge is 0.419 e. The van der Waals surface area contributed by atoms with E-state index >= 15 is 0 Å². The van der Waals surface area contributed by atoms with Crippen molar-refractivity contribution in [3.8, 4) is 16.9 Å². The number of rotatable bonds is 4. The average molecular weight is 327 g/mol. The minimum Gasteiger partial charge on any atom is -0.480 e. The van der Waals surface area contributed by atoms with E-state index in [-0.39, 0.29) is 11.3 Å². The Labute approximate surface area is 129 Å². The van der Waals surface area contributed by atoms with Gasteiger partial charge in [0.2, 0.25) is 0 Å². The van der Waals surface area contributed by atoms with E-state index in [1.54, 1.807) is 12.1 Å². The molecule has 0 aliphatic carbocycles. The van der Waals surface area contributed by atoms with Crippen LogP contribution in [0.3, 0.4) is 0 Å². The molecule has 2 aromatic rings. The molecule has 0 aromatic heterocycles. The lowest BCUT2D eigenvalue weighted by Crippen LogP contribution is -2.30. The van der Waals surface area contributed by atoms with Crippen LogP contribution in [0, 0.1) is 5.82 Å². The minimum absolute atomic E-state index is 0.117. The third-order valence-corrected chi connectivity index (χ3v) is 3.17. The number of primary amides is 1. The number of nitrogens with two attached hydrogens (primary N) is 1. The van der Waals surface area contributed by atoms with Crippen molar-refractivity contribution in [2.75, 3.05) is 0 Å². The highest BCUT2D eigenvalue weighted by Crippen LogP contribution is 2.37. The maximum atomic E-state index is 13.4. The van der Waals surface area contributed by atoms with Gasteiger partial charge in [0.05, 0.1) is 5.56 Å². The molecule has 0 saturated carbocycles. The maximum Gasteiger partial charge on any atom is 0.419 e. The van der Waals surface area contributed by atoms with Gasteiger partial charge in [0.15, 0.2) is 6.10 Å². The van der Waals surface area contributed by atoms with E-state index < -0.39 is 29.6 Å². The fourth-order valence-corrected chi connectivity index (χ4v) is 1.97. The zero-order chi connectivity index (χ0) is 17.2. The minimum atomic E-state index is -4.81. The summed E-state index contributed by atoms with van der Waals surface area (Å²) < 4.78 is 57.2. The number of carbonyl (C=O) groups excluding carboxylic acids is 1. The number of benzene rings is 2. The largest absolute Gasteiger partial charge is 0.480 e. The van der Waals surface area contributed by atoms with Gasteiger partial charge in [-0.1, -0.05) is 24.3 Å². The molecule has 23 heavy (non-hydrogen) atoms. The fraction of sp³-hybridized carbons (Fsp3) is 0.188. The van der Waals surface area contributed by atoms with Crippen LogP contribution < -0.4 is 10.5 Å². The van der Waals surface area contributed by atoms with Crippen LogP contribution in [-0.4, -0.2) is 12.0 Å². The zero-order valence-electron chi connectivity index (χ0n) is 12.0. The Hall–Kier alpha value is -2.57. The van der Waals surface area contributed by atoms with Crippen molar-refractivity contribution < 1.29 is 27.1 Å². The number of amides is 1. The summed E-state index contributed by atoms with van der Waals surface area (Å²) in [7, 11) is 0. The van der Waals surface area contributed by atoms with Gasteiger partial charge in [-0.25, -0.2) is 4.39 Å². The van der Waals surface area contributed by atoms with Gasteiger partial charge in [-0.2, -0.15) is 13.2 Å². The van der Waals surface area contributed by atoms with Crippen LogP contribution in [0.15, 0.2) is 42.5 Å². The second-order valence-corrected chi connectivity index (χ2v) is 4.85. The lowest BCUT2D eigenvalue weighted by atomic mass is 10.0. The second-order valence-electron chi connectivity index (χ2n) is 4.85. The molecule has 3 nitrogen and oxygen atoms in total. The fourth-order valence-electron chi connectivity index (χ4n) is 1.97. The van der Waals surface area contributed by atoms with E-state index in [1.165, 1.54) is 25.1 Å². The molecule has 0 fully saturated rings. The molecular formula is C16H13F4NO2. The number of carbonyl (C=O) groups is 1. The molecule has 0 bridgehead atoms. The van der Waals surface area contributed by atoms with Crippen LogP contribution in [0.4, 0.5) is 17.6 Å². The van der Waals surface area contributed by atoms with Crippen molar-refractivity contribution in [1.29, 1.82) is 0 Å². The first-order valence-electron chi connectivity index (χ1n) is 6.62. The molecule has 122 valence electrons. The van der Waals surface area contributed by atoms with Crippen LogP contribution >= 0.6 is 0 Å². The summed E-state index contributed by atoms with van der Waals surface area (Å²) in [6.07, 6.45) is -5.77. The summed E-state index contributed by atoms with van der Waals surface area (Å²) >= 11 is 0. The lowest BCUT2D eigenvalue weighted by molar-refractivity contribution is -0.140. The molecule has 0 heterocycles. The van der Waals surface area contributed by atoms with Crippen molar-refractivity contribution in [3.63, 3.8) is 0 Å². The lowest BCUT2D eigenvalue weighted by Gasteiger charge is -2.16. The summed E-state index contributed by atoms with van der Waals surface area (Å²) in [5.41, 5.74) is 4.16. The van der Waals surface area contributed by atoms with Crippen LogP contribution in [0.2, 0.25) is 0 Å². The van der Waals surface area contributed by atoms with Crippen molar-refractivity contribution in [1.82, 2.24) is 0 Å². The first-order chi connectivity index (χ1) is 10.7. The summed E-state index contributed by atoms with van der Waals surface area (Å²) in [6.45, 7) is 1.42. The number of hydrogen-bond donors (Lipinski definition) is 1. The molecule has 0 unspecified atom stereocenters. The third-order valence-electron chi connectivity index (χ3n) is 3.17. The van der Waals surface area contributed by atoms with Gasteiger partial charge >= 0.3 is 6.18 Å². The van der Waals surface area contributed by atoms with Crippen molar-refractivity contribution >= 4 is 5.91 Å². The Bertz CT molecular complexity index is 728. The Morgan fingerprint density at radius 3 is 2.43 bits per heavy atom. The number of halogens is 4. The molecule has 0 radical (unpaired) electrons. The van der Waals surface area contributed by atoms with Gasteiger partial charge in [-0.15, -0.1) is 0 Å². The monoisotopic (exact) mass is 327 g/mol. The highest BCUT2D eigenvalue weighted by molar-refractivity contribution is 5.79. The van der Waals surface area contributed by atoms with Gasteiger partial charge in [0.1, 0.15) is 11.6 Å². The zero-order valence-corrected chi connectivity index (χ0v) is 12.0. The Balaban J connectivity index is 2.49. The normalized spacial score (nSPS) is 12.7. The van der Waals surface area contributed by atoms with E-state index in [1.807, 2.05) is 0 Å². The Morgan fingerprint density at radius 1 is 1.17 bits per heavy atom. The molecule has 7 heteroatoms. The van der Waals surface area contributed by atoms with Gasteiger partial charge in [-0.3, -0.25) is 4.79 Å². The summed E-state index contributed by atoms with van der Waals surface area (Å²) in [5, 5.41) is 0. The molecule has 1 amide bonds. The predicted molar refractivity (Wildman–Crippen MR) is 76.1 cm³/mol. The van der Waals surface area contributed by atoms with Crippen LogP contribution in [0.1, 0.15) is 12.5 Å². The highest BCUT2D eigenvalue weighted by atomic mass is 19.4. The van der Waals surface area contributed by atoms with Crippen molar-refractivity contribution in [3.05, 3.63) is 53.8 Å². The highest BCUT2D eigenvalue weighted by Gasteiger charge is 2.34. The Kier molecular flexibility index (Phi) is 4.58. The van der Waals surface area contributed by atoms with Crippen LogP contribution in [0.25, 0.3) is 11.1 Å². The molecule has 1 atom stereocenters. The summed E-state index contributed by atoms with van der Waals surface area (Å²) in [4.78, 5) is 11.1. The SMILES string of the molecule is C[C@@H](Oc1ccccc1-c1ccc(F)c(C(F)(F)F)c1)C(N)=O. The Morgan fingerprint density at radius 2 is 1.83 bits per heavy atom. The van der Waals surface area contributed by atoms with E-state index in [0.717, 1.165) is 6.07 Å². The summed E-state index contributed by atoms with van der Waals surface area (Å²) in [5.74, 6) is -1.89. The molecule has 0 saturated heterocycles. The van der Waals surface area contributed by atoms with E-state index in [9.17, 15) is 22.4 Å². The number of ether oxygens (including phenoxy) is 1. The van der Waals surface area contributed by atoms with Crippen LogP contribution in [0.5, 0.6) is 5.75 Å². The first-order valence-corrected chi connectivity index (χ1v) is 6.62. The molecule has 2 rings (SSSR count). The predicted octanol–water partition coefficient (Wildman–Crippen LogP) is 3.76. The van der Waals surface area contributed by atoms with Crippen molar-refractivity contribution in [2.45, 2.75) is 19.2 Å². The van der Waals surface area contributed by atoms with Crippen LogP contribution in [-0.2, 0) is 11.0 Å². The van der Waals surface area contributed by atoms with E-state index in [4.69, 9.17) is 10.5 Å². The third kappa shape index (κ3) is 3.80. The number of hydrogen-bond acceptors (Lipinski definition) is 2. The molecular weight excluding hydrogens is 314 g/mol. The van der Waals surface area contributed by atoms with Gasteiger partial charge < -0.3 is 10.5 Å². The standard InChI is InChI=1S/C16H13F4NO2/c1-9(15(21)22)23-14-5-3-2-4-11(14)10-6-7-13(17)12(8-10)16(18,19)20/h2-9H,1H3,(H2,21,22)/t9-/m1/s1. The van der Waals surface area contributed by atoms with Gasteiger partial charge in [-0.05, 0) is 30.7 Å². The molecule has 2 aromatic carbocycles. The van der Waals surface area contributed by atoms with E-state index in [0.29, 0.717) is 11.6 Å². The molecule has 0 spiro atoms. The quantitative estimate of drug-likeness (QED) is 0.869. The molecule has 0 aliphatic rings. The first kappa shape index (κ1) is 16.8. The average Bonchev–Trinajstić information content (AvgIpc) is 2.47. The topological polar surface area (TPSA) is 52.3 Å². The van der Waals surface area contributed by atoms with E-state index in [2.05, 4.69) is 0 Å². The van der Waals surface area contributed by atoms with Gasteiger partial charge in [0.25, 0.3) is 5.91 Å².